The molecule has 3 rings (SSSR count). The lowest BCUT2D eigenvalue weighted by Gasteiger charge is -2.35. The molecule has 1 amide bonds. The topological polar surface area (TPSA) is 60.9 Å². The minimum absolute atomic E-state index is 0.166. The number of hydrogen-bond donors (Lipinski definition) is 0. The lowest BCUT2D eigenvalue weighted by molar-refractivity contribution is -0.131. The molecule has 1 aliphatic heterocycles. The minimum Gasteiger partial charge on any atom is -0.339 e. The molecule has 0 radical (unpaired) electrons. The highest BCUT2D eigenvalue weighted by Gasteiger charge is 2.26. The highest BCUT2D eigenvalue weighted by atomic mass is 32.2. The van der Waals surface area contributed by atoms with Gasteiger partial charge in [-0.3, -0.25) is 14.0 Å². The first-order valence-electron chi connectivity index (χ1n) is 10.1. The van der Waals surface area contributed by atoms with Crippen LogP contribution < -0.4 is 4.31 Å². The Morgan fingerprint density at radius 2 is 1.63 bits per heavy atom. The van der Waals surface area contributed by atoms with Gasteiger partial charge in [-0.05, 0) is 24.6 Å². The Morgan fingerprint density at radius 3 is 2.23 bits per heavy atom. The summed E-state index contributed by atoms with van der Waals surface area (Å²) in [6, 6.07) is 17.3. The SMILES string of the molecule is Cc1ccc(N(CC(=O)N2CCN(C/C=C/c3ccccc3)CC2)S(C)(=O)=O)cc1. The number of piperazine rings is 1. The Labute approximate surface area is 179 Å². The van der Waals surface area contributed by atoms with Crippen LogP contribution >= 0.6 is 0 Å². The van der Waals surface area contributed by atoms with Crippen LogP contribution in [0, 0.1) is 6.92 Å². The molecule has 0 atom stereocenters. The predicted octanol–water partition coefficient (Wildman–Crippen LogP) is 2.62. The molecule has 1 saturated heterocycles. The van der Waals surface area contributed by atoms with E-state index in [0.717, 1.165) is 31.5 Å². The number of anilines is 1. The smallest absolute Gasteiger partial charge is 0.243 e. The number of carbonyl (C=O) groups is 1. The fourth-order valence-corrected chi connectivity index (χ4v) is 4.27. The Morgan fingerprint density at radius 1 is 1.00 bits per heavy atom. The number of carbonyl (C=O) groups excluding carboxylic acids is 1. The summed E-state index contributed by atoms with van der Waals surface area (Å²) in [5.74, 6) is -0.166. The van der Waals surface area contributed by atoms with Crippen molar-refractivity contribution in [2.24, 2.45) is 0 Å². The molecule has 0 N–H and O–H groups in total. The van der Waals surface area contributed by atoms with Gasteiger partial charge in [0.15, 0.2) is 0 Å². The number of sulfonamides is 1. The molecule has 160 valence electrons. The van der Waals surface area contributed by atoms with Gasteiger partial charge in [0.05, 0.1) is 11.9 Å². The third-order valence-electron chi connectivity index (χ3n) is 5.20. The van der Waals surface area contributed by atoms with Crippen molar-refractivity contribution in [3.8, 4) is 0 Å². The zero-order valence-electron chi connectivity index (χ0n) is 17.6. The maximum Gasteiger partial charge on any atom is 0.243 e. The van der Waals surface area contributed by atoms with E-state index in [1.54, 1.807) is 17.0 Å². The summed E-state index contributed by atoms with van der Waals surface area (Å²) in [4.78, 5) is 16.8. The molecule has 2 aromatic carbocycles. The van der Waals surface area contributed by atoms with Crippen molar-refractivity contribution in [3.63, 3.8) is 0 Å². The van der Waals surface area contributed by atoms with Crippen LogP contribution in [0.25, 0.3) is 6.08 Å². The molecule has 0 bridgehead atoms. The average molecular weight is 428 g/mol. The summed E-state index contributed by atoms with van der Waals surface area (Å²) in [6.45, 7) is 5.34. The Balaban J connectivity index is 1.53. The van der Waals surface area contributed by atoms with Gasteiger partial charge >= 0.3 is 0 Å². The second-order valence-electron chi connectivity index (χ2n) is 7.60. The molecule has 0 aliphatic carbocycles. The third-order valence-corrected chi connectivity index (χ3v) is 6.34. The van der Waals surface area contributed by atoms with Gasteiger partial charge in [-0.1, -0.05) is 60.2 Å². The van der Waals surface area contributed by atoms with Crippen molar-refractivity contribution in [2.45, 2.75) is 6.92 Å². The number of rotatable bonds is 7. The van der Waals surface area contributed by atoms with Crippen LogP contribution in [-0.4, -0.2) is 69.6 Å². The number of amides is 1. The maximum absolute atomic E-state index is 12.8. The summed E-state index contributed by atoms with van der Waals surface area (Å²) >= 11 is 0. The molecule has 0 aromatic heterocycles. The van der Waals surface area contributed by atoms with E-state index in [0.29, 0.717) is 18.8 Å². The second kappa shape index (κ2) is 9.91. The molecule has 7 heteroatoms. The van der Waals surface area contributed by atoms with E-state index < -0.39 is 10.0 Å². The van der Waals surface area contributed by atoms with Crippen molar-refractivity contribution >= 4 is 27.7 Å². The van der Waals surface area contributed by atoms with Gasteiger partial charge in [0.1, 0.15) is 6.54 Å². The maximum atomic E-state index is 12.8. The van der Waals surface area contributed by atoms with Gasteiger partial charge < -0.3 is 4.90 Å². The molecular weight excluding hydrogens is 398 g/mol. The monoisotopic (exact) mass is 427 g/mol. The normalized spacial score (nSPS) is 15.5. The van der Waals surface area contributed by atoms with Crippen molar-refractivity contribution in [2.75, 3.05) is 49.8 Å². The Bertz CT molecular complexity index is 965. The van der Waals surface area contributed by atoms with Crippen LogP contribution in [0.15, 0.2) is 60.7 Å². The van der Waals surface area contributed by atoms with Crippen molar-refractivity contribution < 1.29 is 13.2 Å². The summed E-state index contributed by atoms with van der Waals surface area (Å²) in [5.41, 5.74) is 2.72. The molecule has 1 fully saturated rings. The zero-order valence-corrected chi connectivity index (χ0v) is 18.4. The molecule has 2 aromatic rings. The van der Waals surface area contributed by atoms with E-state index >= 15 is 0 Å². The molecule has 6 nitrogen and oxygen atoms in total. The van der Waals surface area contributed by atoms with Gasteiger partial charge in [-0.25, -0.2) is 8.42 Å². The van der Waals surface area contributed by atoms with Crippen LogP contribution in [0.1, 0.15) is 11.1 Å². The van der Waals surface area contributed by atoms with Crippen molar-refractivity contribution in [3.05, 3.63) is 71.8 Å². The lowest BCUT2D eigenvalue weighted by Crippen LogP contribution is -2.51. The third kappa shape index (κ3) is 6.18. The van der Waals surface area contributed by atoms with Crippen LogP contribution in [0.5, 0.6) is 0 Å². The van der Waals surface area contributed by atoms with Crippen LogP contribution in [0.3, 0.4) is 0 Å². The number of hydrogen-bond acceptors (Lipinski definition) is 4. The first kappa shape index (κ1) is 22.1. The fourth-order valence-electron chi connectivity index (χ4n) is 3.42. The van der Waals surface area contributed by atoms with Crippen molar-refractivity contribution in [1.29, 1.82) is 0 Å². The van der Waals surface area contributed by atoms with Crippen LogP contribution in [0.4, 0.5) is 5.69 Å². The van der Waals surface area contributed by atoms with E-state index in [2.05, 4.69) is 29.2 Å². The molecule has 1 aliphatic rings. The van der Waals surface area contributed by atoms with Crippen LogP contribution in [-0.2, 0) is 14.8 Å². The largest absolute Gasteiger partial charge is 0.339 e. The van der Waals surface area contributed by atoms with Crippen LogP contribution in [0.2, 0.25) is 0 Å². The number of nitrogens with zero attached hydrogens (tertiary/aromatic N) is 3. The minimum atomic E-state index is -3.55. The summed E-state index contributed by atoms with van der Waals surface area (Å²) in [5, 5.41) is 0. The molecule has 1 heterocycles. The zero-order chi connectivity index (χ0) is 21.6. The average Bonchev–Trinajstić information content (AvgIpc) is 2.73. The highest BCUT2D eigenvalue weighted by Crippen LogP contribution is 2.18. The van der Waals surface area contributed by atoms with E-state index in [1.165, 1.54) is 9.87 Å². The van der Waals surface area contributed by atoms with E-state index in [9.17, 15) is 13.2 Å². The quantitative estimate of drug-likeness (QED) is 0.682. The van der Waals surface area contributed by atoms with Gasteiger partial charge in [0.2, 0.25) is 15.9 Å². The predicted molar refractivity (Wildman–Crippen MR) is 122 cm³/mol. The van der Waals surface area contributed by atoms with Crippen molar-refractivity contribution in [1.82, 2.24) is 9.80 Å². The summed E-state index contributed by atoms with van der Waals surface area (Å²) in [7, 11) is -3.55. The second-order valence-corrected chi connectivity index (χ2v) is 9.51. The van der Waals surface area contributed by atoms with Gasteiger partial charge in [0.25, 0.3) is 0 Å². The molecular formula is C23H29N3O3S. The highest BCUT2D eigenvalue weighted by molar-refractivity contribution is 7.92. The fraction of sp³-hybridized carbons (Fsp3) is 0.348. The number of aryl methyl sites for hydroxylation is 1. The number of benzene rings is 2. The molecule has 30 heavy (non-hydrogen) atoms. The molecule has 0 spiro atoms. The van der Waals surface area contributed by atoms with Gasteiger partial charge in [0, 0.05) is 32.7 Å². The first-order valence-corrected chi connectivity index (χ1v) is 11.9. The standard InChI is InChI=1S/C23H29N3O3S/c1-20-10-12-22(13-11-20)26(30(2,28)29)19-23(27)25-17-15-24(16-18-25)14-6-9-21-7-4-3-5-8-21/h3-13H,14-19H2,1-2H3/b9-6+. The van der Waals surface area contributed by atoms with E-state index in [-0.39, 0.29) is 12.5 Å². The Kier molecular flexibility index (Phi) is 7.29. The van der Waals surface area contributed by atoms with E-state index in [1.807, 2.05) is 37.3 Å². The first-order chi connectivity index (χ1) is 14.3. The summed E-state index contributed by atoms with van der Waals surface area (Å²) < 4.78 is 25.7. The van der Waals surface area contributed by atoms with E-state index in [4.69, 9.17) is 0 Å². The van der Waals surface area contributed by atoms with Gasteiger partial charge in [-0.15, -0.1) is 0 Å². The summed E-state index contributed by atoms with van der Waals surface area (Å²) in [6.07, 6.45) is 5.37. The lowest BCUT2D eigenvalue weighted by atomic mass is 10.2. The molecule has 0 unspecified atom stereocenters. The Hall–Kier alpha value is -2.64. The molecule has 0 saturated carbocycles. The van der Waals surface area contributed by atoms with Gasteiger partial charge in [-0.2, -0.15) is 0 Å².